The van der Waals surface area contributed by atoms with Crippen LogP contribution in [0.15, 0.2) is 42.5 Å². The SMILES string of the molecule is COCCCN1CCOc2ccc(CO[C@H]3CN(C(=O)OC(C)(C)C)[C@@H](CC(C)(C)C(=O)OC)C[C@@H]3c3ccc(COCCOC)cc3)cc21. The van der Waals surface area contributed by atoms with Gasteiger partial charge in [-0.1, -0.05) is 30.3 Å². The molecule has 11 nitrogen and oxygen atoms in total. The molecule has 4 rings (SSSR count). The maximum absolute atomic E-state index is 13.8. The van der Waals surface area contributed by atoms with Crippen molar-refractivity contribution in [3.8, 4) is 5.75 Å². The molecule has 2 aromatic carbocycles. The number of carbonyl (C=O) groups excluding carboxylic acids is 2. The third kappa shape index (κ3) is 11.1. The molecule has 0 spiro atoms. The van der Waals surface area contributed by atoms with E-state index in [4.69, 9.17) is 33.2 Å². The molecule has 2 aliphatic rings. The number of rotatable bonds is 16. The second kappa shape index (κ2) is 18.2. The Hall–Kier alpha value is -3.38. The van der Waals surface area contributed by atoms with Gasteiger partial charge in [-0.05, 0) is 82.7 Å². The van der Waals surface area contributed by atoms with E-state index < -0.39 is 17.1 Å². The molecule has 2 heterocycles. The fourth-order valence-electron chi connectivity index (χ4n) is 6.69. The summed E-state index contributed by atoms with van der Waals surface area (Å²) in [4.78, 5) is 30.7. The first-order valence-electron chi connectivity index (χ1n) is 17.7. The van der Waals surface area contributed by atoms with E-state index >= 15 is 0 Å². The number of anilines is 1. The number of benzene rings is 2. The highest BCUT2D eigenvalue weighted by Gasteiger charge is 2.44. The summed E-state index contributed by atoms with van der Waals surface area (Å²) in [5.41, 5.74) is 2.73. The van der Waals surface area contributed by atoms with E-state index in [1.165, 1.54) is 7.11 Å². The zero-order valence-corrected chi connectivity index (χ0v) is 31.3. The molecule has 278 valence electrons. The quantitative estimate of drug-likeness (QED) is 0.145. The Balaban J connectivity index is 1.62. The fraction of sp³-hybridized carbons (Fsp3) is 0.641. The van der Waals surface area contributed by atoms with Crippen LogP contribution in [-0.2, 0) is 46.4 Å². The lowest BCUT2D eigenvalue weighted by atomic mass is 9.76. The molecule has 0 N–H and O–H groups in total. The zero-order valence-electron chi connectivity index (χ0n) is 31.3. The average molecular weight is 699 g/mol. The first-order valence-corrected chi connectivity index (χ1v) is 17.7. The number of ether oxygens (including phenoxy) is 7. The number of carbonyl (C=O) groups is 2. The van der Waals surface area contributed by atoms with Gasteiger partial charge in [0.25, 0.3) is 0 Å². The van der Waals surface area contributed by atoms with Gasteiger partial charge in [-0.3, -0.25) is 4.79 Å². The lowest BCUT2D eigenvalue weighted by molar-refractivity contribution is -0.152. The van der Waals surface area contributed by atoms with E-state index in [0.29, 0.717) is 59.0 Å². The molecule has 1 saturated heterocycles. The molecule has 11 heteroatoms. The van der Waals surface area contributed by atoms with E-state index in [1.807, 2.05) is 46.8 Å². The molecule has 0 radical (unpaired) electrons. The van der Waals surface area contributed by atoms with Crippen LogP contribution in [0.3, 0.4) is 0 Å². The van der Waals surface area contributed by atoms with E-state index in [2.05, 4.69) is 35.2 Å². The smallest absolute Gasteiger partial charge is 0.410 e. The molecule has 2 aromatic rings. The highest BCUT2D eigenvalue weighted by molar-refractivity contribution is 5.76. The van der Waals surface area contributed by atoms with E-state index in [0.717, 1.165) is 47.6 Å². The Morgan fingerprint density at radius 3 is 2.30 bits per heavy atom. The largest absolute Gasteiger partial charge is 0.490 e. The monoisotopic (exact) mass is 698 g/mol. The summed E-state index contributed by atoms with van der Waals surface area (Å²) in [5.74, 6) is 0.496. The molecule has 1 amide bonds. The normalized spacial score (nSPS) is 19.5. The predicted molar refractivity (Wildman–Crippen MR) is 192 cm³/mol. The highest BCUT2D eigenvalue weighted by Crippen LogP contribution is 2.40. The molecule has 1 fully saturated rings. The van der Waals surface area contributed by atoms with Crippen molar-refractivity contribution in [2.75, 3.05) is 72.3 Å². The Morgan fingerprint density at radius 2 is 1.62 bits per heavy atom. The highest BCUT2D eigenvalue weighted by atomic mass is 16.6. The molecule has 50 heavy (non-hydrogen) atoms. The van der Waals surface area contributed by atoms with Crippen LogP contribution in [-0.4, -0.2) is 102 Å². The molecule has 2 aliphatic heterocycles. The van der Waals surface area contributed by atoms with Gasteiger partial charge in [0, 0.05) is 39.3 Å². The number of hydrogen-bond donors (Lipinski definition) is 0. The molecular formula is C39H58N2O9. The number of amides is 1. The number of fused-ring (bicyclic) bond motifs is 1. The van der Waals surface area contributed by atoms with Gasteiger partial charge in [-0.25, -0.2) is 4.79 Å². The maximum atomic E-state index is 13.8. The van der Waals surface area contributed by atoms with E-state index in [1.54, 1.807) is 19.1 Å². The summed E-state index contributed by atoms with van der Waals surface area (Å²) in [7, 11) is 4.78. The van der Waals surface area contributed by atoms with Crippen LogP contribution in [0.4, 0.5) is 10.5 Å². The lowest BCUT2D eigenvalue weighted by Gasteiger charge is -2.46. The maximum Gasteiger partial charge on any atom is 0.410 e. The van der Waals surface area contributed by atoms with Crippen LogP contribution < -0.4 is 9.64 Å². The van der Waals surface area contributed by atoms with Gasteiger partial charge in [0.15, 0.2) is 0 Å². The fourth-order valence-corrected chi connectivity index (χ4v) is 6.69. The topological polar surface area (TPSA) is 105 Å². The Kier molecular flexibility index (Phi) is 14.4. The molecule has 0 saturated carbocycles. The van der Waals surface area contributed by atoms with Crippen molar-refractivity contribution in [3.05, 3.63) is 59.2 Å². The number of methoxy groups -OCH3 is 3. The van der Waals surface area contributed by atoms with E-state index in [9.17, 15) is 9.59 Å². The van der Waals surface area contributed by atoms with Gasteiger partial charge in [-0.2, -0.15) is 0 Å². The van der Waals surface area contributed by atoms with Crippen molar-refractivity contribution in [2.45, 2.75) is 90.8 Å². The summed E-state index contributed by atoms with van der Waals surface area (Å²) >= 11 is 0. The molecular weight excluding hydrogens is 640 g/mol. The van der Waals surface area contributed by atoms with Gasteiger partial charge < -0.3 is 43.0 Å². The lowest BCUT2D eigenvalue weighted by Crippen LogP contribution is -2.55. The zero-order chi connectivity index (χ0) is 36.3. The summed E-state index contributed by atoms with van der Waals surface area (Å²) in [5, 5.41) is 0. The number of nitrogens with zero attached hydrogens (tertiary/aromatic N) is 2. The van der Waals surface area contributed by atoms with Crippen LogP contribution in [0, 0.1) is 5.41 Å². The van der Waals surface area contributed by atoms with Gasteiger partial charge in [0.05, 0.1) is 63.8 Å². The average Bonchev–Trinajstić information content (AvgIpc) is 3.08. The summed E-state index contributed by atoms with van der Waals surface area (Å²) in [6.07, 6.45) is 1.16. The molecule has 0 unspecified atom stereocenters. The van der Waals surface area contributed by atoms with Crippen LogP contribution in [0.25, 0.3) is 0 Å². The van der Waals surface area contributed by atoms with Crippen LogP contribution in [0.1, 0.15) is 76.5 Å². The van der Waals surface area contributed by atoms with E-state index in [-0.39, 0.29) is 24.0 Å². The minimum Gasteiger partial charge on any atom is -0.490 e. The molecule has 0 bridgehead atoms. The minimum atomic E-state index is -0.818. The summed E-state index contributed by atoms with van der Waals surface area (Å²) < 4.78 is 39.9. The van der Waals surface area contributed by atoms with Crippen molar-refractivity contribution < 1.29 is 42.7 Å². The predicted octanol–water partition coefficient (Wildman–Crippen LogP) is 6.35. The van der Waals surface area contributed by atoms with Crippen molar-refractivity contribution in [2.24, 2.45) is 5.41 Å². The van der Waals surface area contributed by atoms with Gasteiger partial charge in [0.1, 0.15) is 18.0 Å². The van der Waals surface area contributed by atoms with Crippen molar-refractivity contribution in [3.63, 3.8) is 0 Å². The second-order valence-electron chi connectivity index (χ2n) is 14.8. The van der Waals surface area contributed by atoms with Crippen molar-refractivity contribution in [1.29, 1.82) is 0 Å². The van der Waals surface area contributed by atoms with Gasteiger partial charge >= 0.3 is 12.1 Å². The second-order valence-corrected chi connectivity index (χ2v) is 14.8. The summed E-state index contributed by atoms with van der Waals surface area (Å²) in [6.45, 7) is 14.5. The molecule has 0 aromatic heterocycles. The van der Waals surface area contributed by atoms with Crippen LogP contribution in [0.2, 0.25) is 0 Å². The summed E-state index contributed by atoms with van der Waals surface area (Å²) in [6, 6.07) is 14.3. The first kappa shape index (κ1) is 39.4. The third-order valence-electron chi connectivity index (χ3n) is 9.24. The molecule has 0 aliphatic carbocycles. The van der Waals surface area contributed by atoms with Gasteiger partial charge in [0.2, 0.25) is 0 Å². The minimum absolute atomic E-state index is 0.0536. The van der Waals surface area contributed by atoms with Crippen LogP contribution >= 0.6 is 0 Å². The Bertz CT molecular complexity index is 1370. The first-order chi connectivity index (χ1) is 23.8. The standard InChI is InChI=1S/C39H58N2O9/c1-38(2,3)50-37(43)41-25-35(49-27-29-12-15-34-33(22-29)40(17-19-48-34)16-9-18-44-6)32(23-31(41)24-39(4,5)36(42)46-8)30-13-10-28(11-14-30)26-47-21-20-45-7/h10-15,22,31-32,35H,9,16-21,23-27H2,1-8H3/t31-,32-,35+/m1/s1. The molecule has 3 atom stereocenters. The number of piperidine rings is 1. The van der Waals surface area contributed by atoms with Crippen molar-refractivity contribution >= 4 is 17.7 Å². The Morgan fingerprint density at radius 1 is 0.900 bits per heavy atom. The number of hydrogen-bond acceptors (Lipinski definition) is 10. The van der Waals surface area contributed by atoms with Crippen molar-refractivity contribution in [1.82, 2.24) is 4.90 Å². The van der Waals surface area contributed by atoms with Crippen LogP contribution in [0.5, 0.6) is 5.75 Å². The Labute approximate surface area is 298 Å². The third-order valence-corrected chi connectivity index (χ3v) is 9.24. The number of esters is 1. The van der Waals surface area contributed by atoms with Gasteiger partial charge in [-0.15, -0.1) is 0 Å². The number of likely N-dealkylation sites (tertiary alicyclic amines) is 1.